The van der Waals surface area contributed by atoms with Crippen LogP contribution in [0.4, 0.5) is 0 Å². The lowest BCUT2D eigenvalue weighted by molar-refractivity contribution is -0.100. The molecule has 4 aliphatic rings. The number of likely N-dealkylation sites (tertiary alicyclic amines) is 1. The summed E-state index contributed by atoms with van der Waals surface area (Å²) in [6, 6.07) is 5.04. The summed E-state index contributed by atoms with van der Waals surface area (Å²) in [5.74, 6) is 2.67. The first-order valence-corrected chi connectivity index (χ1v) is 9.75. The second-order valence-corrected chi connectivity index (χ2v) is 9.11. The minimum absolute atomic E-state index is 0.182. The Hall–Kier alpha value is -1.48. The molecule has 1 unspecified atom stereocenters. The predicted octanol–water partition coefficient (Wildman–Crippen LogP) is 3.95. The second-order valence-electron chi connectivity index (χ2n) is 9.11. The van der Waals surface area contributed by atoms with Crippen LogP contribution in [0.25, 0.3) is 0 Å². The van der Waals surface area contributed by atoms with Gasteiger partial charge >= 0.3 is 0 Å². The van der Waals surface area contributed by atoms with Gasteiger partial charge in [0.1, 0.15) is 6.10 Å². The Kier molecular flexibility index (Phi) is 3.17. The molecule has 2 fully saturated rings. The van der Waals surface area contributed by atoms with Crippen LogP contribution < -0.4 is 9.47 Å². The topological polar surface area (TPSA) is 21.7 Å². The van der Waals surface area contributed by atoms with Gasteiger partial charge in [-0.2, -0.15) is 0 Å². The van der Waals surface area contributed by atoms with Crippen LogP contribution in [0.1, 0.15) is 44.2 Å². The van der Waals surface area contributed by atoms with Crippen molar-refractivity contribution in [3.8, 4) is 11.5 Å². The molecule has 1 aromatic carbocycles. The summed E-state index contributed by atoms with van der Waals surface area (Å²) in [5, 5.41) is 0. The Morgan fingerprint density at radius 3 is 2.96 bits per heavy atom. The predicted molar refractivity (Wildman–Crippen MR) is 99.5 cm³/mol. The van der Waals surface area contributed by atoms with Gasteiger partial charge in [-0.05, 0) is 49.8 Å². The highest BCUT2D eigenvalue weighted by molar-refractivity contribution is 5.61. The van der Waals surface area contributed by atoms with Gasteiger partial charge in [-0.3, -0.25) is 4.90 Å². The van der Waals surface area contributed by atoms with Crippen LogP contribution in [0.2, 0.25) is 0 Å². The number of piperidine rings is 1. The molecule has 0 N–H and O–H groups in total. The van der Waals surface area contributed by atoms with Gasteiger partial charge in [0, 0.05) is 29.0 Å². The van der Waals surface area contributed by atoms with Gasteiger partial charge in [0.2, 0.25) is 0 Å². The first-order valence-electron chi connectivity index (χ1n) is 9.75. The molecule has 1 aromatic rings. The van der Waals surface area contributed by atoms with E-state index in [2.05, 4.69) is 43.5 Å². The number of rotatable bonds is 3. The molecule has 2 heterocycles. The molecule has 2 bridgehead atoms. The number of hydrogen-bond acceptors (Lipinski definition) is 3. The van der Waals surface area contributed by atoms with E-state index in [1.54, 1.807) is 7.11 Å². The van der Waals surface area contributed by atoms with Gasteiger partial charge in [-0.15, -0.1) is 6.58 Å². The van der Waals surface area contributed by atoms with Gasteiger partial charge in [-0.1, -0.05) is 26.0 Å². The smallest absolute Gasteiger partial charge is 0.165 e. The summed E-state index contributed by atoms with van der Waals surface area (Å²) in [7, 11) is 1.77. The van der Waals surface area contributed by atoms with Crippen molar-refractivity contribution in [1.82, 2.24) is 4.90 Å². The van der Waals surface area contributed by atoms with E-state index < -0.39 is 0 Å². The molecule has 2 aliphatic carbocycles. The van der Waals surface area contributed by atoms with Crippen LogP contribution >= 0.6 is 0 Å². The Bertz CT molecular complexity index is 740. The third-order valence-electron chi connectivity index (χ3n) is 7.61. The van der Waals surface area contributed by atoms with Crippen molar-refractivity contribution in [1.29, 1.82) is 0 Å². The fraction of sp³-hybridized carbons (Fsp3) is 0.636. The van der Waals surface area contributed by atoms with Crippen molar-refractivity contribution < 1.29 is 9.47 Å². The summed E-state index contributed by atoms with van der Waals surface area (Å²) in [4.78, 5) is 2.67. The molecular formula is C22H29NO2. The van der Waals surface area contributed by atoms with Gasteiger partial charge < -0.3 is 9.47 Å². The van der Waals surface area contributed by atoms with E-state index in [1.165, 1.54) is 30.4 Å². The first-order chi connectivity index (χ1) is 12.0. The molecule has 1 saturated heterocycles. The summed E-state index contributed by atoms with van der Waals surface area (Å²) < 4.78 is 12.4. The molecule has 2 aliphatic heterocycles. The largest absolute Gasteiger partial charge is 0.493 e. The minimum Gasteiger partial charge on any atom is -0.493 e. The maximum Gasteiger partial charge on any atom is 0.165 e. The van der Waals surface area contributed by atoms with Gasteiger partial charge in [-0.25, -0.2) is 0 Å². The summed E-state index contributed by atoms with van der Waals surface area (Å²) in [6.45, 7) is 11.0. The molecular weight excluding hydrogens is 310 g/mol. The lowest BCUT2D eigenvalue weighted by Gasteiger charge is -2.61. The highest BCUT2D eigenvalue weighted by Gasteiger charge is 2.67. The lowest BCUT2D eigenvalue weighted by atomic mass is 9.47. The Morgan fingerprint density at radius 1 is 1.36 bits per heavy atom. The summed E-state index contributed by atoms with van der Waals surface area (Å²) in [5.41, 5.74) is 3.39. The Morgan fingerprint density at radius 2 is 2.20 bits per heavy atom. The van der Waals surface area contributed by atoms with E-state index >= 15 is 0 Å². The minimum atomic E-state index is 0.182. The molecule has 25 heavy (non-hydrogen) atoms. The zero-order valence-electron chi connectivity index (χ0n) is 15.7. The number of ether oxygens (including phenoxy) is 2. The Balaban J connectivity index is 1.74. The molecule has 0 amide bonds. The molecule has 5 rings (SSSR count). The molecule has 134 valence electrons. The third-order valence-corrected chi connectivity index (χ3v) is 7.61. The van der Waals surface area contributed by atoms with E-state index in [0.29, 0.717) is 12.0 Å². The molecule has 0 aromatic heterocycles. The molecule has 1 spiro atoms. The fourth-order valence-corrected chi connectivity index (χ4v) is 6.68. The second kappa shape index (κ2) is 5.03. The van der Waals surface area contributed by atoms with Crippen LogP contribution in [0.5, 0.6) is 11.5 Å². The zero-order chi connectivity index (χ0) is 17.4. The number of methoxy groups -OCH3 is 1. The quantitative estimate of drug-likeness (QED) is 0.779. The number of hydrogen-bond donors (Lipinski definition) is 0. The van der Waals surface area contributed by atoms with Crippen LogP contribution in [0.3, 0.4) is 0 Å². The van der Waals surface area contributed by atoms with Crippen molar-refractivity contribution in [2.75, 3.05) is 20.2 Å². The first kappa shape index (κ1) is 15.7. The SMILES string of the molecule is C=CCN1CC[C@@]23c4c5ccc(OC)c4O[C@@H]2C(C)(C)CCC3[C@@H]1C5. The third kappa shape index (κ3) is 1.80. The fourth-order valence-electron chi connectivity index (χ4n) is 6.68. The van der Waals surface area contributed by atoms with Crippen LogP contribution in [-0.4, -0.2) is 37.2 Å². The average molecular weight is 339 g/mol. The van der Waals surface area contributed by atoms with Crippen molar-refractivity contribution in [3.63, 3.8) is 0 Å². The zero-order valence-corrected chi connectivity index (χ0v) is 15.7. The number of nitrogens with zero attached hydrogens (tertiary/aromatic N) is 1. The summed E-state index contributed by atoms with van der Waals surface area (Å²) >= 11 is 0. The maximum absolute atomic E-state index is 6.75. The summed E-state index contributed by atoms with van der Waals surface area (Å²) in [6.07, 6.45) is 7.24. The standard InChI is InChI=1S/C22H29NO2/c1-5-11-23-12-10-22-15-8-9-21(2,3)20(22)25-19-17(24-4)7-6-14(18(19)22)13-16(15)23/h5-7,15-16,20H,1,8-13H2,2-4H3/t15?,16-,20+,22+/m0/s1. The normalized spacial score (nSPS) is 37.2. The molecule has 0 radical (unpaired) electrons. The van der Waals surface area contributed by atoms with Crippen LogP contribution in [0, 0.1) is 11.3 Å². The highest BCUT2D eigenvalue weighted by atomic mass is 16.5. The van der Waals surface area contributed by atoms with Crippen molar-refractivity contribution >= 4 is 0 Å². The molecule has 1 saturated carbocycles. The highest BCUT2D eigenvalue weighted by Crippen LogP contribution is 2.67. The van der Waals surface area contributed by atoms with Crippen LogP contribution in [0.15, 0.2) is 24.8 Å². The van der Waals surface area contributed by atoms with Gasteiger partial charge in [0.25, 0.3) is 0 Å². The van der Waals surface area contributed by atoms with E-state index in [1.807, 2.05) is 0 Å². The van der Waals surface area contributed by atoms with Crippen LogP contribution in [-0.2, 0) is 11.8 Å². The number of benzene rings is 1. The van der Waals surface area contributed by atoms with E-state index in [4.69, 9.17) is 9.47 Å². The Labute approximate surface area is 151 Å². The average Bonchev–Trinajstić information content (AvgIpc) is 2.94. The van der Waals surface area contributed by atoms with E-state index in [0.717, 1.165) is 31.0 Å². The van der Waals surface area contributed by atoms with Crippen molar-refractivity contribution in [2.24, 2.45) is 11.3 Å². The van der Waals surface area contributed by atoms with Gasteiger partial charge in [0.15, 0.2) is 11.5 Å². The molecule has 3 nitrogen and oxygen atoms in total. The van der Waals surface area contributed by atoms with E-state index in [-0.39, 0.29) is 16.9 Å². The monoisotopic (exact) mass is 339 g/mol. The van der Waals surface area contributed by atoms with Crippen molar-refractivity contribution in [2.45, 2.75) is 57.1 Å². The lowest BCUT2D eigenvalue weighted by Crippen LogP contribution is -2.67. The van der Waals surface area contributed by atoms with Crippen molar-refractivity contribution in [3.05, 3.63) is 35.9 Å². The molecule has 3 heteroatoms. The maximum atomic E-state index is 6.75. The van der Waals surface area contributed by atoms with Gasteiger partial charge in [0.05, 0.1) is 7.11 Å². The molecule has 4 atom stereocenters. The van der Waals surface area contributed by atoms with E-state index in [9.17, 15) is 0 Å².